The van der Waals surface area contributed by atoms with Crippen molar-refractivity contribution in [3.63, 3.8) is 0 Å². The summed E-state index contributed by atoms with van der Waals surface area (Å²) in [7, 11) is 1.52. The molecule has 100 valence electrons. The van der Waals surface area contributed by atoms with Crippen LogP contribution in [0, 0.1) is 0 Å². The number of halogens is 1. The van der Waals surface area contributed by atoms with E-state index in [9.17, 15) is 10.2 Å². The Balaban J connectivity index is 2.07. The molecule has 0 aromatic carbocycles. The molecule has 0 bridgehead atoms. The van der Waals surface area contributed by atoms with E-state index in [0.29, 0.717) is 30.4 Å². The lowest BCUT2D eigenvalue weighted by Crippen LogP contribution is -2.31. The molecule has 1 aliphatic heterocycles. The fraction of sp³-hybridized carbons (Fsp3) is 0.583. The zero-order chi connectivity index (χ0) is 13.1. The van der Waals surface area contributed by atoms with Crippen LogP contribution in [0.25, 0.3) is 0 Å². The first-order valence-corrected chi connectivity index (χ1v) is 6.23. The van der Waals surface area contributed by atoms with Crippen molar-refractivity contribution in [3.8, 4) is 5.88 Å². The maximum absolute atomic E-state index is 9.60. The van der Waals surface area contributed by atoms with Crippen LogP contribution in [-0.4, -0.2) is 52.5 Å². The summed E-state index contributed by atoms with van der Waals surface area (Å²) in [6.07, 6.45) is 1.93. The third kappa shape index (κ3) is 2.92. The van der Waals surface area contributed by atoms with Crippen LogP contribution in [0.2, 0.25) is 5.02 Å². The van der Waals surface area contributed by atoms with E-state index in [-0.39, 0.29) is 18.8 Å². The Labute approximate surface area is 111 Å². The average molecular weight is 273 g/mol. The first-order chi connectivity index (χ1) is 8.63. The lowest BCUT2D eigenvalue weighted by molar-refractivity contribution is 0.150. The summed E-state index contributed by atoms with van der Waals surface area (Å²) >= 11 is 6.01. The first-order valence-electron chi connectivity index (χ1n) is 5.85. The lowest BCUT2D eigenvalue weighted by Gasteiger charge is -2.22. The van der Waals surface area contributed by atoms with Gasteiger partial charge in [-0.3, -0.25) is 4.90 Å². The Morgan fingerprint density at radius 3 is 3.00 bits per heavy atom. The number of aliphatic hydroxyl groups excluding tert-OH is 2. The van der Waals surface area contributed by atoms with Gasteiger partial charge in [-0.1, -0.05) is 11.6 Å². The normalized spacial score (nSPS) is 24.4. The summed E-state index contributed by atoms with van der Waals surface area (Å²) in [5.41, 5.74) is 0.938. The first kappa shape index (κ1) is 13.5. The number of hydrogen-bond acceptors (Lipinski definition) is 5. The number of rotatable bonds is 4. The molecular formula is C12H17ClN2O3. The van der Waals surface area contributed by atoms with E-state index in [1.165, 1.54) is 7.11 Å². The number of nitrogens with zero attached hydrogens (tertiary/aromatic N) is 2. The van der Waals surface area contributed by atoms with E-state index in [1.807, 2.05) is 4.90 Å². The summed E-state index contributed by atoms with van der Waals surface area (Å²) in [5, 5.41) is 19.3. The molecule has 18 heavy (non-hydrogen) atoms. The van der Waals surface area contributed by atoms with E-state index in [2.05, 4.69) is 4.98 Å². The predicted octanol–water partition coefficient (Wildman–Crippen LogP) is 0.671. The molecular weight excluding hydrogens is 256 g/mol. The van der Waals surface area contributed by atoms with Gasteiger partial charge in [0.25, 0.3) is 0 Å². The number of methoxy groups -OCH3 is 1. The topological polar surface area (TPSA) is 65.8 Å². The smallest absolute Gasteiger partial charge is 0.232 e. The van der Waals surface area contributed by atoms with Crippen molar-refractivity contribution in [1.29, 1.82) is 0 Å². The number of aromatic nitrogens is 1. The third-order valence-corrected chi connectivity index (χ3v) is 3.43. The van der Waals surface area contributed by atoms with Gasteiger partial charge in [0.1, 0.15) is 5.02 Å². The van der Waals surface area contributed by atoms with Crippen molar-refractivity contribution in [1.82, 2.24) is 9.88 Å². The molecule has 2 atom stereocenters. The molecule has 0 spiro atoms. The summed E-state index contributed by atoms with van der Waals surface area (Å²) in [6, 6.07) is 1.80. The van der Waals surface area contributed by atoms with E-state index < -0.39 is 0 Å². The van der Waals surface area contributed by atoms with Gasteiger partial charge in [-0.2, -0.15) is 0 Å². The second-order valence-electron chi connectivity index (χ2n) is 4.49. The molecule has 0 amide bonds. The molecule has 6 heteroatoms. The van der Waals surface area contributed by atoms with Gasteiger partial charge in [-0.15, -0.1) is 0 Å². The molecule has 0 saturated carbocycles. The highest BCUT2D eigenvalue weighted by Crippen LogP contribution is 2.25. The number of hydrogen-bond donors (Lipinski definition) is 2. The highest BCUT2D eigenvalue weighted by Gasteiger charge is 2.30. The number of aliphatic hydroxyl groups is 2. The maximum atomic E-state index is 9.60. The van der Waals surface area contributed by atoms with E-state index >= 15 is 0 Å². The number of ether oxygens (including phenoxy) is 1. The standard InChI is InChI=1S/C12H17ClN2O3/c1-18-12-11(13)2-8(4-14-12)5-15-6-10(17)3-9(15)7-16/h2,4,9-10,16-17H,3,5-7H2,1H3/t9-,10+/m0/s1. The van der Waals surface area contributed by atoms with E-state index in [0.717, 1.165) is 5.56 Å². The van der Waals surface area contributed by atoms with Gasteiger partial charge >= 0.3 is 0 Å². The molecule has 0 aliphatic carbocycles. The molecule has 2 heterocycles. The van der Waals surface area contributed by atoms with Gasteiger partial charge in [0.2, 0.25) is 5.88 Å². The molecule has 2 N–H and O–H groups in total. The van der Waals surface area contributed by atoms with Crippen molar-refractivity contribution < 1.29 is 14.9 Å². The van der Waals surface area contributed by atoms with Gasteiger partial charge < -0.3 is 14.9 Å². The highest BCUT2D eigenvalue weighted by atomic mass is 35.5. The zero-order valence-electron chi connectivity index (χ0n) is 10.2. The fourth-order valence-corrected chi connectivity index (χ4v) is 2.54. The molecule has 1 aromatic rings. The average Bonchev–Trinajstić information content (AvgIpc) is 2.70. The second kappa shape index (κ2) is 5.84. The van der Waals surface area contributed by atoms with Crippen molar-refractivity contribution in [2.24, 2.45) is 0 Å². The minimum absolute atomic E-state index is 0.000812. The van der Waals surface area contributed by atoms with Crippen LogP contribution in [0.4, 0.5) is 0 Å². The monoisotopic (exact) mass is 272 g/mol. The minimum Gasteiger partial charge on any atom is -0.480 e. The quantitative estimate of drug-likeness (QED) is 0.843. The Kier molecular flexibility index (Phi) is 4.40. The van der Waals surface area contributed by atoms with E-state index in [1.54, 1.807) is 12.3 Å². The van der Waals surface area contributed by atoms with Crippen LogP contribution >= 0.6 is 11.6 Å². The number of β-amino-alcohol motifs (C(OH)–C–C–N with tert-alkyl or cyclic N) is 1. The molecule has 1 aliphatic rings. The molecule has 1 fully saturated rings. The van der Waals surface area contributed by atoms with Crippen molar-refractivity contribution in [2.45, 2.75) is 25.1 Å². The predicted molar refractivity (Wildman–Crippen MR) is 67.7 cm³/mol. The molecule has 1 aromatic heterocycles. The van der Waals surface area contributed by atoms with Crippen LogP contribution in [-0.2, 0) is 6.54 Å². The molecule has 5 nitrogen and oxygen atoms in total. The Morgan fingerprint density at radius 2 is 2.39 bits per heavy atom. The fourth-order valence-electron chi connectivity index (χ4n) is 2.28. The summed E-state index contributed by atoms with van der Waals surface area (Å²) in [6.45, 7) is 1.22. The zero-order valence-corrected chi connectivity index (χ0v) is 11.0. The minimum atomic E-state index is -0.371. The molecule has 1 saturated heterocycles. The van der Waals surface area contributed by atoms with Gasteiger partial charge in [0, 0.05) is 25.3 Å². The highest BCUT2D eigenvalue weighted by molar-refractivity contribution is 6.31. The molecule has 0 radical (unpaired) electrons. The van der Waals surface area contributed by atoms with Crippen molar-refractivity contribution in [3.05, 3.63) is 22.8 Å². The largest absolute Gasteiger partial charge is 0.480 e. The number of pyridine rings is 1. The molecule has 2 rings (SSSR count). The lowest BCUT2D eigenvalue weighted by atomic mass is 10.2. The number of likely N-dealkylation sites (tertiary alicyclic amines) is 1. The van der Waals surface area contributed by atoms with Crippen molar-refractivity contribution in [2.75, 3.05) is 20.3 Å². The van der Waals surface area contributed by atoms with Crippen molar-refractivity contribution >= 4 is 11.6 Å². The maximum Gasteiger partial charge on any atom is 0.232 e. The van der Waals surface area contributed by atoms with Gasteiger partial charge in [0.05, 0.1) is 19.8 Å². The molecule has 0 unspecified atom stereocenters. The van der Waals surface area contributed by atoms with Crippen LogP contribution in [0.1, 0.15) is 12.0 Å². The van der Waals surface area contributed by atoms with Crippen LogP contribution in [0.15, 0.2) is 12.3 Å². The summed E-state index contributed by atoms with van der Waals surface area (Å²) < 4.78 is 4.99. The van der Waals surface area contributed by atoms with E-state index in [4.69, 9.17) is 16.3 Å². The van der Waals surface area contributed by atoms with Crippen LogP contribution < -0.4 is 4.74 Å². The summed E-state index contributed by atoms with van der Waals surface area (Å²) in [4.78, 5) is 6.14. The third-order valence-electron chi connectivity index (χ3n) is 3.16. The second-order valence-corrected chi connectivity index (χ2v) is 4.90. The van der Waals surface area contributed by atoms with Gasteiger partial charge in [-0.05, 0) is 18.1 Å². The Hall–Kier alpha value is -0.880. The Morgan fingerprint density at radius 1 is 1.61 bits per heavy atom. The van der Waals surface area contributed by atoms with Crippen LogP contribution in [0.3, 0.4) is 0 Å². The van der Waals surface area contributed by atoms with Gasteiger partial charge in [-0.25, -0.2) is 4.98 Å². The SMILES string of the molecule is COc1ncc(CN2C[C@H](O)C[C@H]2CO)cc1Cl. The van der Waals surface area contributed by atoms with Crippen LogP contribution in [0.5, 0.6) is 5.88 Å². The Bertz CT molecular complexity index is 416. The van der Waals surface area contributed by atoms with Gasteiger partial charge in [0.15, 0.2) is 0 Å². The summed E-state index contributed by atoms with van der Waals surface area (Å²) in [5.74, 6) is 0.403.